The highest BCUT2D eigenvalue weighted by Crippen LogP contribution is 2.55. The minimum absolute atomic E-state index is 0.0527. The first-order chi connectivity index (χ1) is 15.0. The Labute approximate surface area is 187 Å². The van der Waals surface area contributed by atoms with Crippen molar-refractivity contribution in [3.8, 4) is 22.9 Å². The molecule has 1 heterocycles. The first kappa shape index (κ1) is 20.7. The molecule has 166 valence electrons. The largest absolute Gasteiger partial charge is 0.493 e. The van der Waals surface area contributed by atoms with Gasteiger partial charge in [0.15, 0.2) is 22.5 Å². The van der Waals surface area contributed by atoms with Crippen molar-refractivity contribution in [1.29, 1.82) is 0 Å². The fourth-order valence-electron chi connectivity index (χ4n) is 6.39. The topological polar surface area (TPSA) is 78.3 Å². The minimum atomic E-state index is 0.0527. The standard InChI is InChI=1S/C23H30N4O3S/c1-27-21(17-4-5-18(29-2)19(9-17)30-3)25-26-22(27)31-13-20(28)24-23-10-14-6-15(11-23)8-16(7-14)12-23/h4-5,9,14-16H,6-8,10-13H2,1-3H3,(H,24,28). The number of carbonyl (C=O) groups is 1. The molecule has 0 aliphatic heterocycles. The van der Waals surface area contributed by atoms with E-state index in [-0.39, 0.29) is 11.4 Å². The maximum atomic E-state index is 12.8. The van der Waals surface area contributed by atoms with Gasteiger partial charge in [0, 0.05) is 18.2 Å². The number of nitrogens with zero attached hydrogens (tertiary/aromatic N) is 3. The summed E-state index contributed by atoms with van der Waals surface area (Å²) in [6.07, 6.45) is 7.64. The van der Waals surface area contributed by atoms with Gasteiger partial charge in [-0.2, -0.15) is 0 Å². The summed E-state index contributed by atoms with van der Waals surface area (Å²) in [6.45, 7) is 0. The van der Waals surface area contributed by atoms with Crippen LogP contribution in [0.4, 0.5) is 0 Å². The molecule has 8 heteroatoms. The SMILES string of the molecule is COc1ccc(-c2nnc(SCC(=O)NC34CC5CC(CC(C5)C3)C4)n2C)cc1OC. The zero-order valence-electron chi connectivity index (χ0n) is 18.4. The van der Waals surface area contributed by atoms with Crippen LogP contribution in [-0.2, 0) is 11.8 Å². The van der Waals surface area contributed by atoms with Crippen molar-refractivity contribution in [2.45, 2.75) is 49.2 Å². The summed E-state index contributed by atoms with van der Waals surface area (Å²) in [7, 11) is 5.15. The average molecular weight is 443 g/mol. The Hall–Kier alpha value is -2.22. The Balaban J connectivity index is 1.24. The van der Waals surface area contributed by atoms with Crippen molar-refractivity contribution in [1.82, 2.24) is 20.1 Å². The Morgan fingerprint density at radius 1 is 1.10 bits per heavy atom. The maximum absolute atomic E-state index is 12.8. The summed E-state index contributed by atoms with van der Waals surface area (Å²) < 4.78 is 12.6. The summed E-state index contributed by atoms with van der Waals surface area (Å²) in [4.78, 5) is 12.8. The van der Waals surface area contributed by atoms with Crippen LogP contribution < -0.4 is 14.8 Å². The van der Waals surface area contributed by atoms with Crippen molar-refractivity contribution < 1.29 is 14.3 Å². The lowest BCUT2D eigenvalue weighted by Crippen LogP contribution is -2.60. The fraction of sp³-hybridized carbons (Fsp3) is 0.609. The Morgan fingerprint density at radius 2 is 1.74 bits per heavy atom. The number of carbonyl (C=O) groups excluding carboxylic acids is 1. The average Bonchev–Trinajstić information content (AvgIpc) is 3.10. The molecule has 1 aromatic heterocycles. The lowest BCUT2D eigenvalue weighted by Gasteiger charge is -2.56. The second-order valence-electron chi connectivity index (χ2n) is 9.47. The molecule has 31 heavy (non-hydrogen) atoms. The predicted molar refractivity (Wildman–Crippen MR) is 119 cm³/mol. The molecule has 1 amide bonds. The van der Waals surface area contributed by atoms with E-state index >= 15 is 0 Å². The molecule has 0 radical (unpaired) electrons. The number of amides is 1. The van der Waals surface area contributed by atoms with Gasteiger partial charge in [0.1, 0.15) is 0 Å². The second kappa shape index (κ2) is 8.04. The van der Waals surface area contributed by atoms with E-state index in [9.17, 15) is 4.79 Å². The number of benzene rings is 1. The molecule has 0 saturated heterocycles. The highest BCUT2D eigenvalue weighted by atomic mass is 32.2. The molecule has 0 spiro atoms. The number of hydrogen-bond acceptors (Lipinski definition) is 6. The second-order valence-corrected chi connectivity index (χ2v) is 10.4. The summed E-state index contributed by atoms with van der Waals surface area (Å²) in [5.74, 6) is 4.98. The van der Waals surface area contributed by atoms with Gasteiger partial charge < -0.3 is 19.4 Å². The first-order valence-electron chi connectivity index (χ1n) is 11.0. The minimum Gasteiger partial charge on any atom is -0.493 e. The van der Waals surface area contributed by atoms with Gasteiger partial charge in [-0.3, -0.25) is 4.79 Å². The lowest BCUT2D eigenvalue weighted by molar-refractivity contribution is -0.124. The van der Waals surface area contributed by atoms with Crippen LogP contribution in [0.5, 0.6) is 11.5 Å². The zero-order chi connectivity index (χ0) is 21.6. The quantitative estimate of drug-likeness (QED) is 0.659. The van der Waals surface area contributed by atoms with Gasteiger partial charge in [-0.1, -0.05) is 11.8 Å². The number of hydrogen-bond donors (Lipinski definition) is 1. The third kappa shape index (κ3) is 3.90. The first-order valence-corrected chi connectivity index (χ1v) is 12.0. The fourth-order valence-corrected chi connectivity index (χ4v) is 7.10. The molecule has 4 fully saturated rings. The molecular weight excluding hydrogens is 412 g/mol. The van der Waals surface area contributed by atoms with E-state index in [2.05, 4.69) is 15.5 Å². The third-order valence-corrected chi connectivity index (χ3v) is 8.27. The molecule has 6 rings (SSSR count). The molecule has 1 aromatic carbocycles. The van der Waals surface area contributed by atoms with E-state index in [1.54, 1.807) is 14.2 Å². The van der Waals surface area contributed by atoms with Gasteiger partial charge in [0.2, 0.25) is 5.91 Å². The molecule has 1 N–H and O–H groups in total. The number of ether oxygens (including phenoxy) is 2. The van der Waals surface area contributed by atoms with Gasteiger partial charge in [0.05, 0.1) is 20.0 Å². The smallest absolute Gasteiger partial charge is 0.230 e. The molecule has 0 atom stereocenters. The molecule has 4 bridgehead atoms. The van der Waals surface area contributed by atoms with Crippen molar-refractivity contribution in [2.75, 3.05) is 20.0 Å². The summed E-state index contributed by atoms with van der Waals surface area (Å²) >= 11 is 1.44. The van der Waals surface area contributed by atoms with Gasteiger partial charge in [-0.05, 0) is 74.5 Å². The van der Waals surface area contributed by atoms with E-state index < -0.39 is 0 Å². The molecule has 0 unspecified atom stereocenters. The Bertz CT molecular complexity index is 954. The Kier molecular flexibility index (Phi) is 5.36. The monoisotopic (exact) mass is 442 g/mol. The van der Waals surface area contributed by atoms with Crippen LogP contribution in [0.15, 0.2) is 23.4 Å². The van der Waals surface area contributed by atoms with Crippen LogP contribution in [0.25, 0.3) is 11.4 Å². The molecular formula is C23H30N4O3S. The molecule has 4 aliphatic rings. The molecule has 4 saturated carbocycles. The van der Waals surface area contributed by atoms with Crippen LogP contribution >= 0.6 is 11.8 Å². The van der Waals surface area contributed by atoms with Crippen molar-refractivity contribution >= 4 is 17.7 Å². The van der Waals surface area contributed by atoms with E-state index in [1.807, 2.05) is 29.8 Å². The van der Waals surface area contributed by atoms with Gasteiger partial charge in [-0.15, -0.1) is 10.2 Å². The summed E-state index contributed by atoms with van der Waals surface area (Å²) in [5.41, 5.74) is 0.939. The highest BCUT2D eigenvalue weighted by molar-refractivity contribution is 7.99. The van der Waals surface area contributed by atoms with E-state index in [1.165, 1.54) is 50.3 Å². The predicted octanol–water partition coefficient (Wildman–Crippen LogP) is 3.68. The van der Waals surface area contributed by atoms with Crippen LogP contribution in [0, 0.1) is 17.8 Å². The number of methoxy groups -OCH3 is 2. The van der Waals surface area contributed by atoms with Crippen LogP contribution in [0.1, 0.15) is 38.5 Å². The third-order valence-electron chi connectivity index (χ3n) is 7.25. The normalized spacial score (nSPS) is 28.5. The van der Waals surface area contributed by atoms with Crippen LogP contribution in [-0.4, -0.2) is 46.2 Å². The Morgan fingerprint density at radius 3 is 2.35 bits per heavy atom. The summed E-state index contributed by atoms with van der Waals surface area (Å²) in [6, 6.07) is 5.67. The van der Waals surface area contributed by atoms with Crippen molar-refractivity contribution in [3.05, 3.63) is 18.2 Å². The number of thioether (sulfide) groups is 1. The van der Waals surface area contributed by atoms with Crippen molar-refractivity contribution in [2.24, 2.45) is 24.8 Å². The van der Waals surface area contributed by atoms with Gasteiger partial charge in [-0.25, -0.2) is 0 Å². The van der Waals surface area contributed by atoms with Crippen LogP contribution in [0.2, 0.25) is 0 Å². The zero-order valence-corrected chi connectivity index (χ0v) is 19.2. The van der Waals surface area contributed by atoms with E-state index in [0.717, 1.165) is 34.3 Å². The van der Waals surface area contributed by atoms with Crippen LogP contribution in [0.3, 0.4) is 0 Å². The summed E-state index contributed by atoms with van der Waals surface area (Å²) in [5, 5.41) is 12.8. The van der Waals surface area contributed by atoms with Crippen molar-refractivity contribution in [3.63, 3.8) is 0 Å². The highest BCUT2D eigenvalue weighted by Gasteiger charge is 2.51. The number of rotatable bonds is 7. The van der Waals surface area contributed by atoms with E-state index in [0.29, 0.717) is 17.3 Å². The molecule has 7 nitrogen and oxygen atoms in total. The van der Waals surface area contributed by atoms with E-state index in [4.69, 9.17) is 9.47 Å². The molecule has 4 aliphatic carbocycles. The van der Waals surface area contributed by atoms with Gasteiger partial charge in [0.25, 0.3) is 0 Å². The number of aromatic nitrogens is 3. The van der Waals surface area contributed by atoms with Gasteiger partial charge >= 0.3 is 0 Å². The number of nitrogens with one attached hydrogen (secondary N) is 1. The maximum Gasteiger partial charge on any atom is 0.230 e. The lowest BCUT2D eigenvalue weighted by atomic mass is 9.53. The molecule has 2 aromatic rings.